The lowest BCUT2D eigenvalue weighted by molar-refractivity contribution is -0.151. The van der Waals surface area contributed by atoms with Gasteiger partial charge in [-0.05, 0) is 31.5 Å². The first-order valence-electron chi connectivity index (χ1n) is 6.79. The van der Waals surface area contributed by atoms with Crippen molar-refractivity contribution < 1.29 is 14.3 Å². The summed E-state index contributed by atoms with van der Waals surface area (Å²) >= 11 is 5.09. The Morgan fingerprint density at radius 1 is 1.45 bits per heavy atom. The normalized spacial score (nSPS) is 17.8. The Kier molecular flexibility index (Phi) is 6.70. The summed E-state index contributed by atoms with van der Waals surface area (Å²) in [4.78, 5) is 27.1. The van der Waals surface area contributed by atoms with Gasteiger partial charge in [-0.2, -0.15) is 0 Å². The molecule has 1 N–H and O–H groups in total. The molecule has 1 aliphatic rings. The second-order valence-electron chi connectivity index (χ2n) is 5.00. The summed E-state index contributed by atoms with van der Waals surface area (Å²) in [6, 6.07) is -0.400. The Bertz CT molecular complexity index is 374. The van der Waals surface area contributed by atoms with Crippen molar-refractivity contribution in [1.82, 2.24) is 15.1 Å². The smallest absolute Gasteiger partial charge is 0.328 e. The molecule has 20 heavy (non-hydrogen) atoms. The number of carbonyl (C=O) groups is 2. The van der Waals surface area contributed by atoms with E-state index in [0.29, 0.717) is 37.5 Å². The summed E-state index contributed by atoms with van der Waals surface area (Å²) in [7, 11) is 5.09. The summed E-state index contributed by atoms with van der Waals surface area (Å²) in [5.41, 5.74) is 0. The molecule has 0 saturated carbocycles. The van der Waals surface area contributed by atoms with Gasteiger partial charge in [0.2, 0.25) is 5.91 Å². The summed E-state index contributed by atoms with van der Waals surface area (Å²) in [6.07, 6.45) is 2.66. The van der Waals surface area contributed by atoms with Crippen LogP contribution in [0.1, 0.15) is 25.7 Å². The highest BCUT2D eigenvalue weighted by atomic mass is 32.1. The predicted molar refractivity (Wildman–Crippen MR) is 80.3 cm³/mol. The maximum atomic E-state index is 12.1. The topological polar surface area (TPSA) is 61.9 Å². The number of rotatable bonds is 5. The third kappa shape index (κ3) is 4.63. The standard InChI is InChI=1S/C13H23N3O3S/c1-15(2)13(20)14-8-4-7-11(17)16-9-5-6-10(16)12(18)19-3/h10H,4-9H2,1-3H3,(H,14,20)/t10-/m0/s1. The fourth-order valence-corrected chi connectivity index (χ4v) is 2.29. The Balaban J connectivity index is 2.32. The van der Waals surface area contributed by atoms with Crippen LogP contribution in [0.4, 0.5) is 0 Å². The van der Waals surface area contributed by atoms with Crippen molar-refractivity contribution >= 4 is 29.2 Å². The molecule has 0 spiro atoms. The Hall–Kier alpha value is -1.37. The molecule has 1 rings (SSSR count). The Morgan fingerprint density at radius 3 is 2.75 bits per heavy atom. The molecule has 0 unspecified atom stereocenters. The van der Waals surface area contributed by atoms with E-state index in [4.69, 9.17) is 17.0 Å². The number of hydrogen-bond acceptors (Lipinski definition) is 4. The quantitative estimate of drug-likeness (QED) is 0.450. The van der Waals surface area contributed by atoms with Crippen LogP contribution in [-0.2, 0) is 14.3 Å². The highest BCUT2D eigenvalue weighted by Gasteiger charge is 2.34. The van der Waals surface area contributed by atoms with Crippen molar-refractivity contribution in [2.75, 3.05) is 34.3 Å². The van der Waals surface area contributed by atoms with Gasteiger partial charge >= 0.3 is 5.97 Å². The number of esters is 1. The number of thiocarbonyl (C=S) groups is 1. The van der Waals surface area contributed by atoms with Crippen molar-refractivity contribution in [3.8, 4) is 0 Å². The van der Waals surface area contributed by atoms with Crippen molar-refractivity contribution in [3.05, 3.63) is 0 Å². The van der Waals surface area contributed by atoms with E-state index in [-0.39, 0.29) is 11.9 Å². The van der Waals surface area contributed by atoms with Crippen LogP contribution in [0.25, 0.3) is 0 Å². The molecule has 1 fully saturated rings. The molecule has 0 aromatic rings. The number of nitrogens with zero attached hydrogens (tertiary/aromatic N) is 2. The Labute approximate surface area is 125 Å². The van der Waals surface area contributed by atoms with Crippen molar-refractivity contribution in [2.45, 2.75) is 31.7 Å². The second kappa shape index (κ2) is 8.04. The van der Waals surface area contributed by atoms with Gasteiger partial charge < -0.3 is 19.9 Å². The first-order chi connectivity index (χ1) is 9.47. The monoisotopic (exact) mass is 301 g/mol. The van der Waals surface area contributed by atoms with Gasteiger partial charge in [0, 0.05) is 33.6 Å². The van der Waals surface area contributed by atoms with E-state index in [9.17, 15) is 9.59 Å². The SMILES string of the molecule is COC(=O)[C@@H]1CCCN1C(=O)CCCNC(=S)N(C)C. The number of amides is 1. The molecule has 114 valence electrons. The van der Waals surface area contributed by atoms with Crippen molar-refractivity contribution in [2.24, 2.45) is 0 Å². The number of hydrogen-bond donors (Lipinski definition) is 1. The average Bonchev–Trinajstić information content (AvgIpc) is 2.91. The van der Waals surface area contributed by atoms with Gasteiger partial charge in [0.1, 0.15) is 6.04 Å². The highest BCUT2D eigenvalue weighted by Crippen LogP contribution is 2.19. The Morgan fingerprint density at radius 2 is 2.15 bits per heavy atom. The van der Waals surface area contributed by atoms with Crippen molar-refractivity contribution in [1.29, 1.82) is 0 Å². The lowest BCUT2D eigenvalue weighted by atomic mass is 10.2. The zero-order valence-corrected chi connectivity index (χ0v) is 13.2. The molecule has 0 aromatic heterocycles. The van der Waals surface area contributed by atoms with Gasteiger partial charge in [0.25, 0.3) is 0 Å². The number of methoxy groups -OCH3 is 1. The van der Waals surface area contributed by atoms with Gasteiger partial charge in [0.15, 0.2) is 5.11 Å². The summed E-state index contributed by atoms with van der Waals surface area (Å²) in [6.45, 7) is 1.29. The van der Waals surface area contributed by atoms with Gasteiger partial charge in [-0.15, -0.1) is 0 Å². The molecule has 0 aliphatic carbocycles. The van der Waals surface area contributed by atoms with Crippen LogP contribution >= 0.6 is 12.2 Å². The van der Waals surface area contributed by atoms with Crippen LogP contribution in [0.5, 0.6) is 0 Å². The number of carbonyl (C=O) groups excluding carboxylic acids is 2. The molecule has 1 saturated heterocycles. The molecular formula is C13H23N3O3S. The minimum atomic E-state index is -0.400. The largest absolute Gasteiger partial charge is 0.467 e. The van der Waals surface area contributed by atoms with Gasteiger partial charge in [-0.3, -0.25) is 4.79 Å². The number of nitrogens with one attached hydrogen (secondary N) is 1. The van der Waals surface area contributed by atoms with Crippen LogP contribution < -0.4 is 5.32 Å². The molecule has 6 nitrogen and oxygen atoms in total. The minimum absolute atomic E-state index is 0.00970. The molecular weight excluding hydrogens is 278 g/mol. The van der Waals surface area contributed by atoms with E-state index in [1.807, 2.05) is 19.0 Å². The van der Waals surface area contributed by atoms with E-state index in [1.165, 1.54) is 7.11 Å². The zero-order chi connectivity index (χ0) is 15.1. The van der Waals surface area contributed by atoms with Crippen LogP contribution in [0, 0.1) is 0 Å². The van der Waals surface area contributed by atoms with Crippen molar-refractivity contribution in [3.63, 3.8) is 0 Å². The van der Waals surface area contributed by atoms with Gasteiger partial charge in [0.05, 0.1) is 7.11 Å². The fraction of sp³-hybridized carbons (Fsp3) is 0.769. The summed E-state index contributed by atoms with van der Waals surface area (Å²) in [5.74, 6) is -0.307. The molecule has 0 radical (unpaired) electrons. The van der Waals surface area contributed by atoms with Crippen LogP contribution in [0.3, 0.4) is 0 Å². The van der Waals surface area contributed by atoms with Crippen LogP contribution in [0.15, 0.2) is 0 Å². The molecule has 0 aromatic carbocycles. The lowest BCUT2D eigenvalue weighted by Crippen LogP contribution is -2.41. The van der Waals surface area contributed by atoms with Crippen LogP contribution in [0.2, 0.25) is 0 Å². The molecule has 1 aliphatic heterocycles. The molecule has 1 amide bonds. The van der Waals surface area contributed by atoms with Crippen LogP contribution in [-0.4, -0.2) is 67.1 Å². The van der Waals surface area contributed by atoms with Gasteiger partial charge in [-0.1, -0.05) is 0 Å². The third-order valence-corrected chi connectivity index (χ3v) is 3.81. The summed E-state index contributed by atoms with van der Waals surface area (Å²) < 4.78 is 4.73. The maximum Gasteiger partial charge on any atom is 0.328 e. The predicted octanol–water partition coefficient (Wildman–Crippen LogP) is 0.367. The maximum absolute atomic E-state index is 12.1. The minimum Gasteiger partial charge on any atom is -0.467 e. The van der Waals surface area contributed by atoms with E-state index < -0.39 is 6.04 Å². The average molecular weight is 301 g/mol. The second-order valence-corrected chi connectivity index (χ2v) is 5.38. The summed E-state index contributed by atoms with van der Waals surface area (Å²) in [5, 5.41) is 3.73. The number of ether oxygens (including phenoxy) is 1. The van der Waals surface area contributed by atoms with E-state index in [2.05, 4.69) is 5.32 Å². The first kappa shape index (κ1) is 16.7. The van der Waals surface area contributed by atoms with E-state index in [0.717, 1.165) is 6.42 Å². The molecule has 1 atom stereocenters. The van der Waals surface area contributed by atoms with E-state index >= 15 is 0 Å². The first-order valence-corrected chi connectivity index (χ1v) is 7.20. The fourth-order valence-electron chi connectivity index (χ4n) is 2.18. The zero-order valence-electron chi connectivity index (χ0n) is 12.3. The van der Waals surface area contributed by atoms with Gasteiger partial charge in [-0.25, -0.2) is 4.79 Å². The lowest BCUT2D eigenvalue weighted by Gasteiger charge is -2.22. The molecule has 0 bridgehead atoms. The molecule has 1 heterocycles. The third-order valence-electron chi connectivity index (χ3n) is 3.30. The highest BCUT2D eigenvalue weighted by molar-refractivity contribution is 7.80. The number of likely N-dealkylation sites (tertiary alicyclic amines) is 1. The molecule has 7 heteroatoms. The van der Waals surface area contributed by atoms with E-state index in [1.54, 1.807) is 4.90 Å².